The largest absolute Gasteiger partial charge is 0.441 e. The molecule has 2 heterocycles. The van der Waals surface area contributed by atoms with Gasteiger partial charge in [0, 0.05) is 36.1 Å². The molecule has 5 nitrogen and oxygen atoms in total. The van der Waals surface area contributed by atoms with Crippen LogP contribution in [0.4, 0.5) is 4.39 Å². The van der Waals surface area contributed by atoms with Crippen molar-refractivity contribution in [1.29, 1.82) is 0 Å². The minimum absolute atomic E-state index is 0.0917. The second-order valence-electron chi connectivity index (χ2n) is 6.26. The summed E-state index contributed by atoms with van der Waals surface area (Å²) in [7, 11) is 0. The fourth-order valence-electron chi connectivity index (χ4n) is 3.23. The van der Waals surface area contributed by atoms with E-state index < -0.39 is 6.04 Å². The van der Waals surface area contributed by atoms with Crippen LogP contribution in [0.15, 0.2) is 51.4 Å². The molecule has 1 amide bonds. The molecule has 1 N–H and O–H groups in total. The van der Waals surface area contributed by atoms with Gasteiger partial charge in [-0.2, -0.15) is 0 Å². The van der Waals surface area contributed by atoms with E-state index in [9.17, 15) is 9.18 Å². The topological polar surface area (TPSA) is 58.4 Å². The summed E-state index contributed by atoms with van der Waals surface area (Å²) in [6.45, 7) is 1.51. The smallest absolute Gasteiger partial charge is 0.237 e. The quantitative estimate of drug-likeness (QED) is 0.707. The second-order valence-corrected chi connectivity index (χ2v) is 7.11. The summed E-state index contributed by atoms with van der Waals surface area (Å²) in [5, 5.41) is 2.88. The van der Waals surface area contributed by atoms with Crippen LogP contribution in [0.1, 0.15) is 11.5 Å². The number of fused-ring (bicyclic) bond motifs is 1. The van der Waals surface area contributed by atoms with Gasteiger partial charge in [0.25, 0.3) is 0 Å². The Hall–Kier alpha value is -2.25. The predicted molar refractivity (Wildman–Crippen MR) is 99.0 cm³/mol. The summed E-state index contributed by atoms with van der Waals surface area (Å²) in [5.74, 6) is 0.128. The molecule has 0 saturated carbocycles. The standard InChI is InChI=1S/C19H17BrFN3O2/c20-13-4-3-5-14(21)12(13)11-24-9-8-22-19(25)16(24)10-18-23-15-6-1-2-7-17(15)26-18/h1-7,16H,8-11H2,(H,22,25). The number of rotatable bonds is 4. The number of nitrogens with one attached hydrogen (secondary N) is 1. The minimum Gasteiger partial charge on any atom is -0.441 e. The van der Waals surface area contributed by atoms with Gasteiger partial charge in [0.05, 0.1) is 6.04 Å². The van der Waals surface area contributed by atoms with Gasteiger partial charge in [-0.05, 0) is 24.3 Å². The molecule has 134 valence electrons. The lowest BCUT2D eigenvalue weighted by Gasteiger charge is -2.34. The highest BCUT2D eigenvalue weighted by atomic mass is 79.9. The first-order valence-corrected chi connectivity index (χ1v) is 9.20. The molecule has 0 radical (unpaired) electrons. The van der Waals surface area contributed by atoms with Gasteiger partial charge >= 0.3 is 0 Å². The number of halogens is 2. The van der Waals surface area contributed by atoms with Crippen molar-refractivity contribution in [1.82, 2.24) is 15.2 Å². The molecule has 2 aromatic carbocycles. The monoisotopic (exact) mass is 417 g/mol. The first-order valence-electron chi connectivity index (χ1n) is 8.41. The van der Waals surface area contributed by atoms with Crippen LogP contribution < -0.4 is 5.32 Å². The molecule has 0 aliphatic carbocycles. The maximum atomic E-state index is 14.2. The number of carbonyl (C=O) groups is 1. The van der Waals surface area contributed by atoms with Crippen LogP contribution >= 0.6 is 15.9 Å². The highest BCUT2D eigenvalue weighted by Crippen LogP contribution is 2.24. The zero-order chi connectivity index (χ0) is 18.1. The van der Waals surface area contributed by atoms with Crippen LogP contribution in [-0.4, -0.2) is 34.9 Å². The Morgan fingerprint density at radius 1 is 1.27 bits per heavy atom. The summed E-state index contributed by atoms with van der Waals surface area (Å²) in [5.41, 5.74) is 2.01. The summed E-state index contributed by atoms with van der Waals surface area (Å²) in [6.07, 6.45) is 0.340. The Morgan fingerprint density at radius 3 is 2.92 bits per heavy atom. The van der Waals surface area contributed by atoms with E-state index >= 15 is 0 Å². The van der Waals surface area contributed by atoms with Gasteiger partial charge < -0.3 is 9.73 Å². The van der Waals surface area contributed by atoms with Crippen molar-refractivity contribution < 1.29 is 13.6 Å². The number of aromatic nitrogens is 1. The lowest BCUT2D eigenvalue weighted by atomic mass is 10.1. The van der Waals surface area contributed by atoms with Gasteiger partial charge in [-0.1, -0.05) is 34.1 Å². The fraction of sp³-hybridized carbons (Fsp3) is 0.263. The van der Waals surface area contributed by atoms with E-state index in [0.29, 0.717) is 47.6 Å². The second kappa shape index (κ2) is 7.17. The summed E-state index contributed by atoms with van der Waals surface area (Å²) in [4.78, 5) is 18.9. The Labute approximate surface area is 158 Å². The van der Waals surface area contributed by atoms with Gasteiger partial charge in [0.2, 0.25) is 5.91 Å². The van der Waals surface area contributed by atoms with E-state index in [1.165, 1.54) is 6.07 Å². The number of amides is 1. The molecule has 0 bridgehead atoms. The molecule has 1 aliphatic rings. The van der Waals surface area contributed by atoms with Crippen LogP contribution in [0, 0.1) is 5.82 Å². The van der Waals surface area contributed by atoms with Gasteiger partial charge in [-0.15, -0.1) is 0 Å². The summed E-state index contributed by atoms with van der Waals surface area (Å²) in [6, 6.07) is 11.9. The Balaban J connectivity index is 1.59. The van der Waals surface area contributed by atoms with Gasteiger partial charge in [0.15, 0.2) is 11.5 Å². The zero-order valence-electron chi connectivity index (χ0n) is 13.9. The first-order chi connectivity index (χ1) is 12.6. The normalized spacial score (nSPS) is 18.2. The van der Waals surface area contributed by atoms with E-state index in [-0.39, 0.29) is 11.7 Å². The predicted octanol–water partition coefficient (Wildman–Crippen LogP) is 3.27. The van der Waals surface area contributed by atoms with Crippen LogP contribution in [0.2, 0.25) is 0 Å². The van der Waals surface area contributed by atoms with E-state index in [1.807, 2.05) is 29.2 Å². The van der Waals surface area contributed by atoms with Crippen LogP contribution in [-0.2, 0) is 17.8 Å². The van der Waals surface area contributed by atoms with Crippen molar-refractivity contribution in [2.75, 3.05) is 13.1 Å². The molecule has 1 saturated heterocycles. The molecule has 7 heteroatoms. The van der Waals surface area contributed by atoms with Crippen LogP contribution in [0.25, 0.3) is 11.1 Å². The molecule has 1 unspecified atom stereocenters. The third-order valence-electron chi connectivity index (χ3n) is 4.57. The van der Waals surface area contributed by atoms with Crippen molar-refractivity contribution in [3.8, 4) is 0 Å². The van der Waals surface area contributed by atoms with E-state index in [2.05, 4.69) is 26.2 Å². The highest BCUT2D eigenvalue weighted by molar-refractivity contribution is 9.10. The lowest BCUT2D eigenvalue weighted by molar-refractivity contribution is -0.129. The number of para-hydroxylation sites is 2. The molecule has 1 atom stereocenters. The van der Waals surface area contributed by atoms with Gasteiger partial charge in [-0.25, -0.2) is 9.37 Å². The molecule has 1 fully saturated rings. The maximum absolute atomic E-state index is 14.2. The Bertz CT molecular complexity index is 906. The van der Waals surface area contributed by atoms with E-state index in [1.54, 1.807) is 12.1 Å². The van der Waals surface area contributed by atoms with Crippen LogP contribution in [0.5, 0.6) is 0 Å². The fourth-order valence-corrected chi connectivity index (χ4v) is 3.70. The van der Waals surface area contributed by atoms with Crippen molar-refractivity contribution in [3.05, 3.63) is 64.2 Å². The molecule has 1 aromatic heterocycles. The Morgan fingerprint density at radius 2 is 2.12 bits per heavy atom. The number of piperazine rings is 1. The van der Waals surface area contributed by atoms with Gasteiger partial charge in [0.1, 0.15) is 11.3 Å². The number of nitrogens with zero attached hydrogens (tertiary/aromatic N) is 2. The van der Waals surface area contributed by atoms with Crippen molar-refractivity contribution >= 4 is 32.9 Å². The van der Waals surface area contributed by atoms with Crippen molar-refractivity contribution in [3.63, 3.8) is 0 Å². The SMILES string of the molecule is O=C1NCCN(Cc2c(F)cccc2Br)C1Cc1nc2ccccc2o1. The molecule has 0 spiro atoms. The minimum atomic E-state index is -0.455. The number of carbonyl (C=O) groups excluding carboxylic acids is 1. The van der Waals surface area contributed by atoms with E-state index in [0.717, 1.165) is 5.52 Å². The average molecular weight is 418 g/mol. The maximum Gasteiger partial charge on any atom is 0.237 e. The molecule has 26 heavy (non-hydrogen) atoms. The van der Waals surface area contributed by atoms with Gasteiger partial charge in [-0.3, -0.25) is 9.69 Å². The Kier molecular flexibility index (Phi) is 4.74. The molecule has 4 rings (SSSR count). The first kappa shape index (κ1) is 17.2. The summed E-state index contributed by atoms with van der Waals surface area (Å²) >= 11 is 3.40. The third-order valence-corrected chi connectivity index (χ3v) is 5.31. The molecular formula is C19H17BrFN3O2. The van der Waals surface area contributed by atoms with Crippen LogP contribution in [0.3, 0.4) is 0 Å². The summed E-state index contributed by atoms with van der Waals surface area (Å²) < 4.78 is 20.7. The van der Waals surface area contributed by atoms with Crippen molar-refractivity contribution in [2.45, 2.75) is 19.0 Å². The number of benzene rings is 2. The number of hydrogen-bond donors (Lipinski definition) is 1. The third kappa shape index (κ3) is 3.37. The highest BCUT2D eigenvalue weighted by Gasteiger charge is 2.32. The average Bonchev–Trinajstić information content (AvgIpc) is 3.03. The molecule has 1 aliphatic heterocycles. The number of oxazole rings is 1. The number of hydrogen-bond acceptors (Lipinski definition) is 4. The zero-order valence-corrected chi connectivity index (χ0v) is 15.5. The molecular weight excluding hydrogens is 401 g/mol. The van der Waals surface area contributed by atoms with E-state index in [4.69, 9.17) is 4.42 Å². The molecule has 3 aromatic rings. The lowest BCUT2D eigenvalue weighted by Crippen LogP contribution is -2.55. The van der Waals surface area contributed by atoms with Crippen molar-refractivity contribution in [2.24, 2.45) is 0 Å².